The molecule has 140 valence electrons. The van der Waals surface area contributed by atoms with Crippen LogP contribution in [0.4, 0.5) is 0 Å². The van der Waals surface area contributed by atoms with Gasteiger partial charge in [-0.1, -0.05) is 37.1 Å². The van der Waals surface area contributed by atoms with Gasteiger partial charge in [0.2, 0.25) is 5.91 Å². The minimum atomic E-state index is -0.967. The molecule has 0 spiro atoms. The molecule has 0 aromatic carbocycles. The average Bonchev–Trinajstić information content (AvgIpc) is 2.96. The van der Waals surface area contributed by atoms with Crippen molar-refractivity contribution < 1.29 is 14.7 Å². The number of pyridine rings is 1. The molecule has 0 bridgehead atoms. The number of carbonyl (C=O) groups is 2. The van der Waals surface area contributed by atoms with Gasteiger partial charge in [0, 0.05) is 25.4 Å². The van der Waals surface area contributed by atoms with Crippen LogP contribution < -0.4 is 0 Å². The summed E-state index contributed by atoms with van der Waals surface area (Å²) in [6, 6.07) is 1.82. The van der Waals surface area contributed by atoms with Crippen LogP contribution in [0.15, 0.2) is 42.3 Å². The lowest BCUT2D eigenvalue weighted by molar-refractivity contribution is -0.128. The van der Waals surface area contributed by atoms with Gasteiger partial charge in [0.05, 0.1) is 11.6 Å². The number of carboxylic acids is 1. The van der Waals surface area contributed by atoms with Crippen molar-refractivity contribution in [2.24, 2.45) is 0 Å². The first kappa shape index (κ1) is 19.9. The molecule has 5 heteroatoms. The molecule has 1 atom stereocenters. The highest BCUT2D eigenvalue weighted by Gasteiger charge is 2.28. The van der Waals surface area contributed by atoms with Gasteiger partial charge >= 0.3 is 5.97 Å². The molecule has 0 unspecified atom stereocenters. The molecule has 1 N–H and O–H groups in total. The predicted molar refractivity (Wildman–Crippen MR) is 102 cm³/mol. The first-order valence-corrected chi connectivity index (χ1v) is 9.32. The summed E-state index contributed by atoms with van der Waals surface area (Å²) in [6.45, 7) is 4.98. The standard InChI is InChI=1S/C21H28N2O3/c1-3-6-16(2)7-4-9-19-10-11-20(24)23(19)12-5-8-17-13-18(21(25)26)15-22-14-17/h4,7,9,13-15,19H,3,5-6,8,10-12H2,1-2H3,(H,25,26)/b9-4+,16-7+/t19-/m0/s1. The van der Waals surface area contributed by atoms with E-state index < -0.39 is 5.97 Å². The minimum Gasteiger partial charge on any atom is -0.478 e. The van der Waals surface area contributed by atoms with Crippen molar-refractivity contribution in [3.63, 3.8) is 0 Å². The molecule has 1 aromatic rings. The molecule has 1 aliphatic rings. The number of nitrogens with zero attached hydrogens (tertiary/aromatic N) is 2. The van der Waals surface area contributed by atoms with Crippen molar-refractivity contribution >= 4 is 11.9 Å². The average molecular weight is 356 g/mol. The van der Waals surface area contributed by atoms with Gasteiger partial charge in [-0.3, -0.25) is 9.78 Å². The van der Waals surface area contributed by atoms with Crippen molar-refractivity contribution in [1.82, 2.24) is 9.88 Å². The SMILES string of the molecule is CCC/C(C)=C/C=C/[C@H]1CCC(=O)N1CCCc1cncc(C(=O)O)c1. The van der Waals surface area contributed by atoms with E-state index in [1.54, 1.807) is 12.3 Å². The zero-order chi connectivity index (χ0) is 18.9. The van der Waals surface area contributed by atoms with E-state index in [1.165, 1.54) is 11.8 Å². The Morgan fingerprint density at radius 2 is 2.23 bits per heavy atom. The number of rotatable bonds is 9. The van der Waals surface area contributed by atoms with Crippen LogP contribution >= 0.6 is 0 Å². The van der Waals surface area contributed by atoms with E-state index in [-0.39, 0.29) is 17.5 Å². The Morgan fingerprint density at radius 1 is 1.42 bits per heavy atom. The Morgan fingerprint density at radius 3 is 2.96 bits per heavy atom. The number of aromatic nitrogens is 1. The van der Waals surface area contributed by atoms with Gasteiger partial charge < -0.3 is 10.0 Å². The maximum Gasteiger partial charge on any atom is 0.337 e. The summed E-state index contributed by atoms with van der Waals surface area (Å²) in [6.07, 6.45) is 14.6. The van der Waals surface area contributed by atoms with E-state index in [4.69, 9.17) is 5.11 Å². The van der Waals surface area contributed by atoms with E-state index in [9.17, 15) is 9.59 Å². The number of amides is 1. The summed E-state index contributed by atoms with van der Waals surface area (Å²) in [5.74, 6) is -0.767. The molecule has 0 radical (unpaired) electrons. The molecule has 2 rings (SSSR count). The zero-order valence-electron chi connectivity index (χ0n) is 15.6. The summed E-state index contributed by atoms with van der Waals surface area (Å²) >= 11 is 0. The summed E-state index contributed by atoms with van der Waals surface area (Å²) < 4.78 is 0. The van der Waals surface area contributed by atoms with Crippen molar-refractivity contribution in [3.8, 4) is 0 Å². The Labute approximate surface area is 155 Å². The lowest BCUT2D eigenvalue weighted by Gasteiger charge is -2.22. The summed E-state index contributed by atoms with van der Waals surface area (Å²) in [5, 5.41) is 9.03. The van der Waals surface area contributed by atoms with Crippen LogP contribution in [0.3, 0.4) is 0 Å². The van der Waals surface area contributed by atoms with E-state index in [0.29, 0.717) is 19.4 Å². The van der Waals surface area contributed by atoms with Gasteiger partial charge in [-0.2, -0.15) is 0 Å². The molecular weight excluding hydrogens is 328 g/mol. The second-order valence-electron chi connectivity index (χ2n) is 6.83. The maximum absolute atomic E-state index is 12.2. The Balaban J connectivity index is 1.89. The van der Waals surface area contributed by atoms with E-state index in [1.807, 2.05) is 4.90 Å². The van der Waals surface area contributed by atoms with E-state index in [0.717, 1.165) is 31.2 Å². The van der Waals surface area contributed by atoms with Gasteiger partial charge in [0.15, 0.2) is 0 Å². The smallest absolute Gasteiger partial charge is 0.337 e. The van der Waals surface area contributed by atoms with Crippen LogP contribution in [0, 0.1) is 0 Å². The normalized spacial score (nSPS) is 18.1. The molecule has 2 heterocycles. The quantitative estimate of drug-likeness (QED) is 0.679. The van der Waals surface area contributed by atoms with E-state index >= 15 is 0 Å². The molecule has 1 amide bonds. The highest BCUT2D eigenvalue weighted by molar-refractivity contribution is 5.87. The molecule has 1 aromatic heterocycles. The summed E-state index contributed by atoms with van der Waals surface area (Å²) in [7, 11) is 0. The van der Waals surface area contributed by atoms with Crippen molar-refractivity contribution in [3.05, 3.63) is 53.4 Å². The summed E-state index contributed by atoms with van der Waals surface area (Å²) in [5.41, 5.74) is 2.45. The molecular formula is C21H28N2O3. The second-order valence-corrected chi connectivity index (χ2v) is 6.83. The number of hydrogen-bond donors (Lipinski definition) is 1. The van der Waals surface area contributed by atoms with Crippen LogP contribution in [0.1, 0.15) is 61.9 Å². The third kappa shape index (κ3) is 5.83. The number of allylic oxidation sites excluding steroid dienone is 3. The largest absolute Gasteiger partial charge is 0.478 e. The first-order chi connectivity index (χ1) is 12.5. The Hall–Kier alpha value is -2.43. The molecule has 1 fully saturated rings. The van der Waals surface area contributed by atoms with Crippen molar-refractivity contribution in [2.45, 2.75) is 58.4 Å². The fourth-order valence-corrected chi connectivity index (χ4v) is 3.27. The zero-order valence-corrected chi connectivity index (χ0v) is 15.6. The number of hydrogen-bond acceptors (Lipinski definition) is 3. The Bertz CT molecular complexity index is 694. The molecule has 0 saturated carbocycles. The number of aryl methyl sites for hydroxylation is 1. The van der Waals surface area contributed by atoms with Gasteiger partial charge in [-0.15, -0.1) is 0 Å². The topological polar surface area (TPSA) is 70.5 Å². The van der Waals surface area contributed by atoms with Crippen LogP contribution in [-0.4, -0.2) is 39.5 Å². The van der Waals surface area contributed by atoms with Gasteiger partial charge in [0.1, 0.15) is 0 Å². The third-order valence-electron chi connectivity index (χ3n) is 4.64. The van der Waals surface area contributed by atoms with Gasteiger partial charge in [0.25, 0.3) is 0 Å². The second kappa shape index (κ2) is 9.90. The fraction of sp³-hybridized carbons (Fsp3) is 0.476. The molecule has 5 nitrogen and oxygen atoms in total. The highest BCUT2D eigenvalue weighted by atomic mass is 16.4. The van der Waals surface area contributed by atoms with Crippen LogP contribution in [0.2, 0.25) is 0 Å². The molecule has 0 aliphatic carbocycles. The molecule has 1 aliphatic heterocycles. The monoisotopic (exact) mass is 356 g/mol. The maximum atomic E-state index is 12.2. The van der Waals surface area contributed by atoms with Gasteiger partial charge in [-0.25, -0.2) is 4.79 Å². The first-order valence-electron chi connectivity index (χ1n) is 9.32. The van der Waals surface area contributed by atoms with Crippen molar-refractivity contribution in [2.75, 3.05) is 6.54 Å². The Kier molecular flexibility index (Phi) is 7.57. The number of carbonyl (C=O) groups excluding carboxylic acids is 1. The fourth-order valence-electron chi connectivity index (χ4n) is 3.27. The molecule has 1 saturated heterocycles. The van der Waals surface area contributed by atoms with Crippen LogP contribution in [0.25, 0.3) is 0 Å². The summed E-state index contributed by atoms with van der Waals surface area (Å²) in [4.78, 5) is 29.1. The minimum absolute atomic E-state index is 0.164. The lowest BCUT2D eigenvalue weighted by atomic mass is 10.1. The van der Waals surface area contributed by atoms with Crippen LogP contribution in [-0.2, 0) is 11.2 Å². The number of aromatic carboxylic acids is 1. The molecule has 26 heavy (non-hydrogen) atoms. The third-order valence-corrected chi connectivity index (χ3v) is 4.64. The van der Waals surface area contributed by atoms with E-state index in [2.05, 4.69) is 37.1 Å². The van der Waals surface area contributed by atoms with Crippen LogP contribution in [0.5, 0.6) is 0 Å². The lowest BCUT2D eigenvalue weighted by Crippen LogP contribution is -2.32. The number of likely N-dealkylation sites (tertiary alicyclic amines) is 1. The van der Waals surface area contributed by atoms with Gasteiger partial charge in [-0.05, 0) is 44.2 Å². The van der Waals surface area contributed by atoms with Crippen molar-refractivity contribution in [1.29, 1.82) is 0 Å². The highest BCUT2D eigenvalue weighted by Crippen LogP contribution is 2.21. The predicted octanol–water partition coefficient (Wildman–Crippen LogP) is 4.01. The number of carboxylic acid groups (broad SMARTS) is 1.